The topological polar surface area (TPSA) is 116 Å². The van der Waals surface area contributed by atoms with Gasteiger partial charge >= 0.3 is 6.18 Å². The number of hydrogen-bond acceptors (Lipinski definition) is 8. The number of imide groups is 1. The Bertz CT molecular complexity index is 1670. The zero-order chi connectivity index (χ0) is 28.5. The van der Waals surface area contributed by atoms with E-state index in [-0.39, 0.29) is 34.0 Å². The normalized spacial score (nSPS) is 22.1. The van der Waals surface area contributed by atoms with Crippen LogP contribution in [0.2, 0.25) is 5.02 Å². The molecule has 1 aliphatic carbocycles. The van der Waals surface area contributed by atoms with Crippen molar-refractivity contribution in [2.24, 2.45) is 16.8 Å². The van der Waals surface area contributed by atoms with Gasteiger partial charge in [0.05, 0.1) is 39.4 Å². The van der Waals surface area contributed by atoms with E-state index in [1.54, 1.807) is 36.4 Å². The maximum atomic E-state index is 13.9. The Hall–Kier alpha value is -4.58. The zero-order valence-corrected chi connectivity index (χ0v) is 21.2. The zero-order valence-electron chi connectivity index (χ0n) is 20.4. The van der Waals surface area contributed by atoms with Gasteiger partial charge in [0.1, 0.15) is 11.8 Å². The fourth-order valence-corrected chi connectivity index (χ4v) is 5.62. The van der Waals surface area contributed by atoms with Gasteiger partial charge in [-0.05, 0) is 18.2 Å². The molecule has 2 aliphatic heterocycles. The number of pyridine rings is 2. The molecule has 3 aromatic rings. The molecule has 1 aromatic carbocycles. The molecule has 0 saturated carbocycles. The Balaban J connectivity index is 1.44. The summed E-state index contributed by atoms with van der Waals surface area (Å²) in [5.41, 5.74) is -0.508. The molecule has 9 nitrogen and oxygen atoms in total. The largest absolute Gasteiger partial charge is 0.506 e. The monoisotopic (exact) mass is 567 g/mol. The minimum atomic E-state index is -4.70. The van der Waals surface area contributed by atoms with Crippen LogP contribution in [0.3, 0.4) is 0 Å². The first-order valence-electron chi connectivity index (χ1n) is 11.9. The number of carbonyl (C=O) groups is 3. The fraction of sp³-hybridized carbons (Fsp3) is 0.185. The average molecular weight is 568 g/mol. The van der Waals surface area contributed by atoms with Crippen LogP contribution >= 0.6 is 11.6 Å². The van der Waals surface area contributed by atoms with Crippen molar-refractivity contribution in [1.82, 2.24) is 15.0 Å². The first kappa shape index (κ1) is 25.7. The lowest BCUT2D eigenvalue weighted by atomic mass is 9.84. The fourth-order valence-electron chi connectivity index (χ4n) is 5.33. The van der Waals surface area contributed by atoms with E-state index in [0.717, 1.165) is 10.0 Å². The summed E-state index contributed by atoms with van der Waals surface area (Å²) in [7, 11) is 1.26. The van der Waals surface area contributed by atoms with Gasteiger partial charge < -0.3 is 5.11 Å². The number of Topliss-reactive ketones (excluding diaryl/α,β-unsaturated/α-hetero) is 1. The van der Waals surface area contributed by atoms with E-state index >= 15 is 0 Å². The molecule has 0 unspecified atom stereocenters. The van der Waals surface area contributed by atoms with Crippen molar-refractivity contribution in [3.05, 3.63) is 93.9 Å². The number of aliphatic hydroxyl groups excluding tert-OH is 1. The molecule has 3 aliphatic rings. The van der Waals surface area contributed by atoms with E-state index in [1.165, 1.54) is 19.3 Å². The number of fused-ring (bicyclic) bond motifs is 2. The molecule has 2 aromatic heterocycles. The van der Waals surface area contributed by atoms with E-state index in [4.69, 9.17) is 11.6 Å². The van der Waals surface area contributed by atoms with Crippen molar-refractivity contribution < 1.29 is 32.7 Å². The number of hydrogen-bond donors (Lipinski definition) is 1. The SMILES string of the molecule is CN(c1ncc(C(F)(F)F)cc1Cl)N1C(=O)[C@@H]2C(C3=C(O)c4ccccc4C3=O)=N[C@@H](c3ccccn3)[C@@H]2C1=O. The number of carbonyl (C=O) groups excluding carboxylic acids is 3. The van der Waals surface area contributed by atoms with Crippen molar-refractivity contribution in [1.29, 1.82) is 0 Å². The van der Waals surface area contributed by atoms with E-state index in [2.05, 4.69) is 15.0 Å². The quantitative estimate of drug-likeness (QED) is 0.463. The predicted molar refractivity (Wildman–Crippen MR) is 136 cm³/mol. The number of rotatable bonds is 4. The first-order valence-corrected chi connectivity index (χ1v) is 12.3. The highest BCUT2D eigenvalue weighted by molar-refractivity contribution is 6.40. The maximum absolute atomic E-state index is 13.9. The summed E-state index contributed by atoms with van der Waals surface area (Å²) in [6, 6.07) is 11.0. The Kier molecular flexibility index (Phi) is 5.77. The number of nitrogens with zero attached hydrogens (tertiary/aromatic N) is 5. The molecule has 0 radical (unpaired) electrons. The summed E-state index contributed by atoms with van der Waals surface area (Å²) in [6.45, 7) is 0. The number of alkyl halides is 3. The number of halogens is 4. The van der Waals surface area contributed by atoms with Gasteiger partial charge in [-0.2, -0.15) is 18.2 Å². The molecule has 40 heavy (non-hydrogen) atoms. The number of anilines is 1. The van der Waals surface area contributed by atoms with Gasteiger partial charge in [0.2, 0.25) is 0 Å². The Labute approximate surface area is 229 Å². The molecule has 3 atom stereocenters. The Morgan fingerprint density at radius 2 is 1.70 bits per heavy atom. The summed E-state index contributed by atoms with van der Waals surface area (Å²) in [6.07, 6.45) is -2.67. The molecule has 2 amide bonds. The van der Waals surface area contributed by atoms with Crippen LogP contribution in [0.15, 0.2) is 71.5 Å². The number of aromatic nitrogens is 2. The predicted octanol–water partition coefficient (Wildman–Crippen LogP) is 4.46. The second kappa shape index (κ2) is 8.98. The lowest BCUT2D eigenvalue weighted by Gasteiger charge is -2.29. The summed E-state index contributed by atoms with van der Waals surface area (Å²) in [5, 5.41) is 12.3. The molecule has 13 heteroatoms. The van der Waals surface area contributed by atoms with Gasteiger partial charge in [-0.15, -0.1) is 0 Å². The number of amides is 2. The molecule has 0 bridgehead atoms. The van der Waals surface area contributed by atoms with Crippen LogP contribution in [0.25, 0.3) is 5.76 Å². The van der Waals surface area contributed by atoms with Gasteiger partial charge in [-0.1, -0.05) is 41.9 Å². The number of benzene rings is 1. The van der Waals surface area contributed by atoms with Crippen molar-refractivity contribution in [2.45, 2.75) is 12.2 Å². The van der Waals surface area contributed by atoms with Gasteiger partial charge in [0.25, 0.3) is 11.8 Å². The van der Waals surface area contributed by atoms with Gasteiger partial charge in [0, 0.05) is 30.6 Å². The molecule has 4 heterocycles. The third-order valence-corrected chi connectivity index (χ3v) is 7.41. The standard InChI is InChI=1S/C27H17ClF3N5O4/c1-35(24-15(28)10-12(11-33-24)27(29,30)31)36-25(39)17-18(26(36)40)21(34-20(17)16-8-4-5-9-32-16)19-22(37)13-6-2-3-7-14(13)23(19)38/h2-11,17-18,20,37H,1H3/t17-,18+,20+/m1/s1. The van der Waals surface area contributed by atoms with Crippen molar-refractivity contribution in [3.63, 3.8) is 0 Å². The molecular weight excluding hydrogens is 551 g/mol. The first-order chi connectivity index (χ1) is 19.0. The number of ketones is 1. The Morgan fingerprint density at radius 1 is 1.00 bits per heavy atom. The van der Waals surface area contributed by atoms with Gasteiger partial charge in [-0.25, -0.2) is 4.98 Å². The number of hydrazine groups is 1. The lowest BCUT2D eigenvalue weighted by molar-refractivity contribution is -0.141. The molecule has 202 valence electrons. The number of aliphatic imine (C=N–C) groups is 1. The third-order valence-electron chi connectivity index (χ3n) is 7.13. The summed E-state index contributed by atoms with van der Waals surface area (Å²) in [5.74, 6) is -5.17. The number of aliphatic hydroxyl groups is 1. The van der Waals surface area contributed by atoms with Crippen LogP contribution < -0.4 is 5.01 Å². The summed E-state index contributed by atoms with van der Waals surface area (Å²) in [4.78, 5) is 53.7. The van der Waals surface area contributed by atoms with Crippen LogP contribution in [0, 0.1) is 11.8 Å². The minimum Gasteiger partial charge on any atom is -0.506 e. The molecule has 6 rings (SSSR count). The highest BCUT2D eigenvalue weighted by Gasteiger charge is 2.60. The molecular formula is C27H17ClF3N5O4. The van der Waals surface area contributed by atoms with Gasteiger partial charge in [-0.3, -0.25) is 29.4 Å². The second-order valence-electron chi connectivity index (χ2n) is 9.35. The second-order valence-corrected chi connectivity index (χ2v) is 9.76. The van der Waals surface area contributed by atoms with Gasteiger partial charge in [0.15, 0.2) is 11.6 Å². The van der Waals surface area contributed by atoms with Crippen LogP contribution in [-0.4, -0.2) is 50.4 Å². The van der Waals surface area contributed by atoms with Crippen LogP contribution in [-0.2, 0) is 15.8 Å². The van der Waals surface area contributed by atoms with Crippen molar-refractivity contribution in [2.75, 3.05) is 12.1 Å². The Morgan fingerprint density at radius 3 is 2.33 bits per heavy atom. The smallest absolute Gasteiger partial charge is 0.417 e. The average Bonchev–Trinajstić information content (AvgIpc) is 3.52. The summed E-state index contributed by atoms with van der Waals surface area (Å²) >= 11 is 6.10. The van der Waals surface area contributed by atoms with Crippen molar-refractivity contribution in [3.8, 4) is 0 Å². The molecule has 0 spiro atoms. The minimum absolute atomic E-state index is 0.0694. The molecule has 1 fully saturated rings. The third kappa shape index (κ3) is 3.70. The number of allylic oxidation sites excluding steroid dienone is 1. The van der Waals surface area contributed by atoms with Crippen LogP contribution in [0.5, 0.6) is 0 Å². The highest BCUT2D eigenvalue weighted by Crippen LogP contribution is 2.48. The molecule has 1 saturated heterocycles. The van der Waals surface area contributed by atoms with Crippen molar-refractivity contribution >= 4 is 46.5 Å². The van der Waals surface area contributed by atoms with Crippen LogP contribution in [0.1, 0.15) is 33.2 Å². The van der Waals surface area contributed by atoms with E-state index < -0.39 is 52.2 Å². The lowest BCUT2D eigenvalue weighted by Crippen LogP contribution is -2.46. The van der Waals surface area contributed by atoms with E-state index in [9.17, 15) is 32.7 Å². The summed E-state index contributed by atoms with van der Waals surface area (Å²) < 4.78 is 39.4. The van der Waals surface area contributed by atoms with E-state index in [1.807, 2.05) is 0 Å². The molecule has 1 N–H and O–H groups in total. The maximum Gasteiger partial charge on any atom is 0.417 e. The van der Waals surface area contributed by atoms with E-state index in [0.29, 0.717) is 18.0 Å². The van der Waals surface area contributed by atoms with Crippen LogP contribution in [0.4, 0.5) is 19.0 Å². The highest BCUT2D eigenvalue weighted by atomic mass is 35.5.